The Bertz CT molecular complexity index is 858. The molecule has 1 aromatic carbocycles. The smallest absolute Gasteiger partial charge is 0.222 e. The summed E-state index contributed by atoms with van der Waals surface area (Å²) < 4.78 is 13.0. The van der Waals surface area contributed by atoms with Gasteiger partial charge in [-0.05, 0) is 57.7 Å². The van der Waals surface area contributed by atoms with Crippen molar-refractivity contribution in [3.05, 3.63) is 28.8 Å². The molecule has 32 heavy (non-hydrogen) atoms. The number of fused-ring (bicyclic) bond motifs is 4. The van der Waals surface area contributed by atoms with E-state index >= 15 is 0 Å². The lowest BCUT2D eigenvalue weighted by Crippen LogP contribution is -2.55. The van der Waals surface area contributed by atoms with Gasteiger partial charge >= 0.3 is 0 Å². The SMILES string of the molecule is CC(=O)NCCCCCC(=O)N1CC[C@H]2O[C@H]3c4cc(Cl)ccc4OC(C)(C)[C@@H]3C[C@@H]2C1. The number of amides is 2. The molecule has 1 N–H and O–H groups in total. The molecule has 2 saturated heterocycles. The number of carbonyl (C=O) groups excluding carboxylic acids is 2. The molecule has 0 spiro atoms. The number of ether oxygens (including phenoxy) is 2. The summed E-state index contributed by atoms with van der Waals surface area (Å²) in [6.45, 7) is 8.00. The second-order valence-corrected chi connectivity index (χ2v) is 10.4. The van der Waals surface area contributed by atoms with E-state index in [1.165, 1.54) is 6.92 Å². The van der Waals surface area contributed by atoms with Crippen LogP contribution in [0, 0.1) is 11.8 Å². The minimum Gasteiger partial charge on any atom is -0.487 e. The molecule has 0 aliphatic carbocycles. The first-order chi connectivity index (χ1) is 15.2. The van der Waals surface area contributed by atoms with Crippen LogP contribution in [0.2, 0.25) is 5.02 Å². The molecule has 3 aliphatic heterocycles. The van der Waals surface area contributed by atoms with Crippen LogP contribution in [0.25, 0.3) is 0 Å². The maximum atomic E-state index is 12.8. The molecule has 176 valence electrons. The normalized spacial score (nSPS) is 28.1. The van der Waals surface area contributed by atoms with E-state index in [1.54, 1.807) is 0 Å². The summed E-state index contributed by atoms with van der Waals surface area (Å²) in [6, 6.07) is 5.80. The Hall–Kier alpha value is -1.79. The van der Waals surface area contributed by atoms with Crippen molar-refractivity contribution in [1.29, 1.82) is 0 Å². The van der Waals surface area contributed by atoms with Gasteiger partial charge < -0.3 is 19.7 Å². The molecule has 4 rings (SSSR count). The van der Waals surface area contributed by atoms with E-state index in [0.29, 0.717) is 23.9 Å². The number of rotatable bonds is 6. The third kappa shape index (κ3) is 5.07. The lowest BCUT2D eigenvalue weighted by Gasteiger charge is -2.53. The molecule has 3 heterocycles. The highest BCUT2D eigenvalue weighted by atomic mass is 35.5. The van der Waals surface area contributed by atoms with E-state index in [-0.39, 0.29) is 35.5 Å². The number of benzene rings is 1. The number of halogens is 1. The summed E-state index contributed by atoms with van der Waals surface area (Å²) in [6.07, 6.45) is 5.31. The molecule has 0 saturated carbocycles. The van der Waals surface area contributed by atoms with Crippen molar-refractivity contribution in [1.82, 2.24) is 10.2 Å². The largest absolute Gasteiger partial charge is 0.487 e. The highest BCUT2D eigenvalue weighted by molar-refractivity contribution is 6.30. The van der Waals surface area contributed by atoms with Crippen LogP contribution >= 0.6 is 11.6 Å². The number of nitrogens with zero attached hydrogens (tertiary/aromatic N) is 1. The van der Waals surface area contributed by atoms with Gasteiger partial charge in [0.05, 0.1) is 12.2 Å². The van der Waals surface area contributed by atoms with Crippen LogP contribution in [0.3, 0.4) is 0 Å². The summed E-state index contributed by atoms with van der Waals surface area (Å²) in [5, 5.41) is 3.50. The zero-order valence-corrected chi connectivity index (χ0v) is 20.1. The molecule has 2 amide bonds. The van der Waals surface area contributed by atoms with E-state index in [4.69, 9.17) is 21.1 Å². The molecule has 0 radical (unpaired) electrons. The fraction of sp³-hybridized carbons (Fsp3) is 0.680. The van der Waals surface area contributed by atoms with Crippen molar-refractivity contribution in [2.75, 3.05) is 19.6 Å². The Morgan fingerprint density at radius 2 is 2.06 bits per heavy atom. The van der Waals surface area contributed by atoms with Gasteiger partial charge in [-0.15, -0.1) is 0 Å². The van der Waals surface area contributed by atoms with Crippen molar-refractivity contribution in [3.8, 4) is 5.75 Å². The summed E-state index contributed by atoms with van der Waals surface area (Å²) in [7, 11) is 0. The van der Waals surface area contributed by atoms with Crippen LogP contribution in [0.1, 0.15) is 71.0 Å². The molecule has 4 atom stereocenters. The zero-order valence-electron chi connectivity index (χ0n) is 19.4. The molecular weight excluding hydrogens is 428 g/mol. The fourth-order valence-electron chi connectivity index (χ4n) is 5.51. The monoisotopic (exact) mass is 462 g/mol. The fourth-order valence-corrected chi connectivity index (χ4v) is 5.69. The van der Waals surface area contributed by atoms with Crippen LogP contribution in [-0.2, 0) is 14.3 Å². The highest BCUT2D eigenvalue weighted by Crippen LogP contribution is 2.53. The first kappa shape index (κ1) is 23.4. The van der Waals surface area contributed by atoms with Gasteiger partial charge in [-0.2, -0.15) is 0 Å². The molecule has 3 aliphatic rings. The molecular formula is C25H35ClN2O4. The predicted molar refractivity (Wildman–Crippen MR) is 124 cm³/mol. The molecule has 7 heteroatoms. The average molecular weight is 463 g/mol. The van der Waals surface area contributed by atoms with Gasteiger partial charge in [0.2, 0.25) is 11.8 Å². The first-order valence-electron chi connectivity index (χ1n) is 11.9. The van der Waals surface area contributed by atoms with Gasteiger partial charge in [0, 0.05) is 55.4 Å². The molecule has 0 bridgehead atoms. The van der Waals surface area contributed by atoms with Gasteiger partial charge in [-0.1, -0.05) is 18.0 Å². The van der Waals surface area contributed by atoms with Gasteiger partial charge in [0.25, 0.3) is 0 Å². The number of likely N-dealkylation sites (tertiary alicyclic amines) is 1. The van der Waals surface area contributed by atoms with Crippen LogP contribution in [-0.4, -0.2) is 48.1 Å². The number of hydrogen-bond donors (Lipinski definition) is 1. The molecule has 0 unspecified atom stereocenters. The summed E-state index contributed by atoms with van der Waals surface area (Å²) in [4.78, 5) is 25.7. The van der Waals surface area contributed by atoms with Crippen LogP contribution in [0.5, 0.6) is 5.75 Å². The Morgan fingerprint density at radius 3 is 2.84 bits per heavy atom. The average Bonchev–Trinajstić information content (AvgIpc) is 2.75. The zero-order chi connectivity index (χ0) is 22.9. The summed E-state index contributed by atoms with van der Waals surface area (Å²) >= 11 is 6.28. The van der Waals surface area contributed by atoms with Crippen molar-refractivity contribution >= 4 is 23.4 Å². The molecule has 1 aromatic rings. The van der Waals surface area contributed by atoms with Crippen molar-refractivity contribution in [3.63, 3.8) is 0 Å². The number of unbranched alkanes of at least 4 members (excludes halogenated alkanes) is 2. The minimum atomic E-state index is -0.337. The lowest BCUT2D eigenvalue weighted by atomic mass is 9.70. The quantitative estimate of drug-likeness (QED) is 0.632. The van der Waals surface area contributed by atoms with Crippen LogP contribution in [0.4, 0.5) is 0 Å². The number of nitrogens with one attached hydrogen (secondary N) is 1. The van der Waals surface area contributed by atoms with Gasteiger partial charge in [-0.3, -0.25) is 9.59 Å². The van der Waals surface area contributed by atoms with Gasteiger partial charge in [0.1, 0.15) is 11.4 Å². The van der Waals surface area contributed by atoms with Crippen LogP contribution in [0.15, 0.2) is 18.2 Å². The maximum Gasteiger partial charge on any atom is 0.222 e. The van der Waals surface area contributed by atoms with E-state index in [0.717, 1.165) is 56.5 Å². The molecule has 0 aromatic heterocycles. The van der Waals surface area contributed by atoms with E-state index < -0.39 is 0 Å². The van der Waals surface area contributed by atoms with Crippen molar-refractivity contribution in [2.24, 2.45) is 11.8 Å². The Labute approximate surface area is 196 Å². The van der Waals surface area contributed by atoms with E-state index in [1.807, 2.05) is 23.1 Å². The van der Waals surface area contributed by atoms with E-state index in [9.17, 15) is 9.59 Å². The minimum absolute atomic E-state index is 0.000911. The number of carbonyl (C=O) groups is 2. The lowest BCUT2D eigenvalue weighted by molar-refractivity contribution is -0.188. The third-order valence-electron chi connectivity index (χ3n) is 7.25. The van der Waals surface area contributed by atoms with Gasteiger partial charge in [0.15, 0.2) is 0 Å². The Morgan fingerprint density at radius 1 is 1.25 bits per heavy atom. The molecule has 2 fully saturated rings. The summed E-state index contributed by atoms with van der Waals surface area (Å²) in [5.74, 6) is 1.65. The van der Waals surface area contributed by atoms with E-state index in [2.05, 4.69) is 19.2 Å². The van der Waals surface area contributed by atoms with Crippen molar-refractivity contribution < 1.29 is 19.1 Å². The Kier molecular flexibility index (Phi) is 7.01. The highest BCUT2D eigenvalue weighted by Gasteiger charge is 2.51. The second-order valence-electron chi connectivity index (χ2n) is 10.0. The number of hydrogen-bond acceptors (Lipinski definition) is 4. The van der Waals surface area contributed by atoms with Gasteiger partial charge in [-0.25, -0.2) is 0 Å². The first-order valence-corrected chi connectivity index (χ1v) is 12.3. The second kappa shape index (κ2) is 9.60. The maximum absolute atomic E-state index is 12.8. The number of piperidine rings is 1. The topological polar surface area (TPSA) is 67.9 Å². The standard InChI is InChI=1S/C25H35ClN2O4/c1-16(29)27-11-6-4-5-7-23(30)28-12-10-21-17(15-28)13-20-24(31-21)19-14-18(26)8-9-22(19)32-25(20,2)3/h8-9,14,17,20-21,24H,4-7,10-13,15H2,1-3H3,(H,27,29)/t17-,20-,21-,24+/m1/s1. The molecule has 6 nitrogen and oxygen atoms in total. The third-order valence-corrected chi connectivity index (χ3v) is 7.48. The van der Waals surface area contributed by atoms with Crippen LogP contribution < -0.4 is 10.1 Å². The predicted octanol–water partition coefficient (Wildman–Crippen LogP) is 4.50. The van der Waals surface area contributed by atoms with Crippen molar-refractivity contribution in [2.45, 2.75) is 77.1 Å². The Balaban J connectivity index is 1.34. The summed E-state index contributed by atoms with van der Waals surface area (Å²) in [5.41, 5.74) is 0.717.